The monoisotopic (exact) mass is 247 g/mol. The third-order valence-corrected chi connectivity index (χ3v) is 3.95. The topological polar surface area (TPSA) is 79.5 Å². The van der Waals surface area contributed by atoms with E-state index in [4.69, 9.17) is 5.73 Å². The van der Waals surface area contributed by atoms with E-state index in [-0.39, 0.29) is 24.1 Å². The van der Waals surface area contributed by atoms with E-state index in [0.717, 1.165) is 12.8 Å². The lowest BCUT2D eigenvalue weighted by molar-refractivity contribution is 0.0282. The van der Waals surface area contributed by atoms with Gasteiger partial charge in [-0.2, -0.15) is 0 Å². The summed E-state index contributed by atoms with van der Waals surface area (Å²) in [5.41, 5.74) is 6.57. The van der Waals surface area contributed by atoms with Crippen molar-refractivity contribution in [1.82, 2.24) is 9.88 Å². The highest BCUT2D eigenvalue weighted by Gasteiger charge is 2.43. The molecule has 1 aromatic rings. The number of carbonyl (C=O) groups excluding carboxylic acids is 1. The van der Waals surface area contributed by atoms with Crippen LogP contribution in [-0.4, -0.2) is 39.1 Å². The summed E-state index contributed by atoms with van der Waals surface area (Å²) >= 11 is 0. The number of pyridine rings is 1. The lowest BCUT2D eigenvalue weighted by Crippen LogP contribution is -2.48. The summed E-state index contributed by atoms with van der Waals surface area (Å²) in [6, 6.07) is 3.71. The van der Waals surface area contributed by atoms with Crippen molar-refractivity contribution >= 4 is 11.6 Å². The maximum Gasteiger partial charge on any atom is 0.272 e. The van der Waals surface area contributed by atoms with E-state index in [1.807, 2.05) is 4.90 Å². The second-order valence-corrected chi connectivity index (χ2v) is 5.20. The van der Waals surface area contributed by atoms with Gasteiger partial charge in [0.25, 0.3) is 5.91 Å². The quantitative estimate of drug-likeness (QED) is 0.769. The van der Waals surface area contributed by atoms with Gasteiger partial charge in [0, 0.05) is 12.1 Å². The third-order valence-electron chi connectivity index (χ3n) is 3.95. The van der Waals surface area contributed by atoms with Gasteiger partial charge in [0.15, 0.2) is 0 Å². The predicted molar refractivity (Wildman–Crippen MR) is 66.9 cm³/mol. The van der Waals surface area contributed by atoms with Gasteiger partial charge in [-0.25, -0.2) is 4.98 Å². The highest BCUT2D eigenvalue weighted by Crippen LogP contribution is 2.36. The van der Waals surface area contributed by atoms with E-state index in [0.29, 0.717) is 24.2 Å². The van der Waals surface area contributed by atoms with Gasteiger partial charge in [-0.3, -0.25) is 4.79 Å². The van der Waals surface area contributed by atoms with E-state index >= 15 is 0 Å². The van der Waals surface area contributed by atoms with E-state index < -0.39 is 0 Å². The van der Waals surface area contributed by atoms with Gasteiger partial charge in [0.2, 0.25) is 0 Å². The van der Waals surface area contributed by atoms with Gasteiger partial charge >= 0.3 is 0 Å². The highest BCUT2D eigenvalue weighted by atomic mass is 16.3. The molecule has 5 nitrogen and oxygen atoms in total. The van der Waals surface area contributed by atoms with Crippen LogP contribution in [0, 0.1) is 0 Å². The molecule has 3 N–H and O–H groups in total. The van der Waals surface area contributed by atoms with Crippen molar-refractivity contribution in [1.29, 1.82) is 0 Å². The molecule has 18 heavy (non-hydrogen) atoms. The Kier molecular flexibility index (Phi) is 2.70. The summed E-state index contributed by atoms with van der Waals surface area (Å²) in [4.78, 5) is 18.4. The molecule has 2 saturated heterocycles. The Hall–Kier alpha value is -1.62. The first kappa shape index (κ1) is 11.5. The van der Waals surface area contributed by atoms with Crippen molar-refractivity contribution < 1.29 is 9.90 Å². The Morgan fingerprint density at radius 2 is 2.00 bits per heavy atom. The van der Waals surface area contributed by atoms with E-state index in [1.165, 1.54) is 6.20 Å². The van der Waals surface area contributed by atoms with E-state index in [9.17, 15) is 9.90 Å². The Labute approximate surface area is 106 Å². The fourth-order valence-corrected chi connectivity index (χ4v) is 3.14. The average molecular weight is 247 g/mol. The molecule has 2 fully saturated rings. The highest BCUT2D eigenvalue weighted by molar-refractivity contribution is 5.93. The summed E-state index contributed by atoms with van der Waals surface area (Å²) in [5, 5.41) is 9.73. The molecule has 2 atom stereocenters. The number of aliphatic hydroxyl groups is 1. The first-order chi connectivity index (χ1) is 8.65. The van der Waals surface area contributed by atoms with Crippen molar-refractivity contribution in [2.75, 3.05) is 5.73 Å². The fraction of sp³-hybridized carbons (Fsp3) is 0.538. The molecule has 5 heteroatoms. The molecule has 96 valence electrons. The molecule has 1 amide bonds. The molecule has 0 saturated carbocycles. The zero-order valence-corrected chi connectivity index (χ0v) is 10.1. The second kappa shape index (κ2) is 4.24. The minimum Gasteiger partial charge on any atom is -0.397 e. The van der Waals surface area contributed by atoms with Gasteiger partial charge < -0.3 is 15.7 Å². The number of nitrogens with zero attached hydrogens (tertiary/aromatic N) is 2. The van der Waals surface area contributed by atoms with Gasteiger partial charge in [-0.1, -0.05) is 0 Å². The van der Waals surface area contributed by atoms with Crippen LogP contribution in [0.15, 0.2) is 18.3 Å². The zero-order chi connectivity index (χ0) is 12.7. The molecular weight excluding hydrogens is 230 g/mol. The minimum absolute atomic E-state index is 0.0330. The number of amides is 1. The van der Waals surface area contributed by atoms with E-state index in [1.54, 1.807) is 12.1 Å². The van der Waals surface area contributed by atoms with Crippen molar-refractivity contribution in [2.24, 2.45) is 0 Å². The van der Waals surface area contributed by atoms with Gasteiger partial charge in [-0.15, -0.1) is 0 Å². The molecular formula is C13H17N3O2. The first-order valence-electron chi connectivity index (χ1n) is 6.37. The Bertz CT molecular complexity index is 446. The smallest absolute Gasteiger partial charge is 0.272 e. The van der Waals surface area contributed by atoms with Crippen LogP contribution in [0.5, 0.6) is 0 Å². The number of carbonyl (C=O) groups is 1. The van der Waals surface area contributed by atoms with Crippen LogP contribution in [0.2, 0.25) is 0 Å². The lowest BCUT2D eigenvalue weighted by Gasteiger charge is -2.37. The summed E-state index contributed by atoms with van der Waals surface area (Å²) < 4.78 is 0. The molecule has 0 radical (unpaired) electrons. The number of rotatable bonds is 1. The Morgan fingerprint density at radius 3 is 2.56 bits per heavy atom. The standard InChI is InChI=1S/C13H17N3O2/c14-8-1-4-12(15-7-8)13(18)16-9-2-3-10(16)6-11(17)5-9/h1,4,7,9-11,17H,2-3,5-6,14H2. The molecule has 3 rings (SSSR count). The number of aromatic nitrogens is 1. The maximum absolute atomic E-state index is 12.4. The van der Waals surface area contributed by atoms with Crippen LogP contribution in [0.1, 0.15) is 36.2 Å². The molecule has 1 aromatic heterocycles. The number of nitrogens with two attached hydrogens (primary N) is 1. The van der Waals surface area contributed by atoms with Crippen molar-refractivity contribution in [3.8, 4) is 0 Å². The maximum atomic E-state index is 12.4. The molecule has 2 aliphatic heterocycles. The number of nitrogen functional groups attached to an aromatic ring is 1. The normalized spacial score (nSPS) is 30.5. The number of aliphatic hydroxyl groups excluding tert-OH is 1. The number of piperidine rings is 1. The SMILES string of the molecule is Nc1ccc(C(=O)N2C3CCC2CC(O)C3)nc1. The summed E-state index contributed by atoms with van der Waals surface area (Å²) in [7, 11) is 0. The second-order valence-electron chi connectivity index (χ2n) is 5.20. The number of hydrogen-bond donors (Lipinski definition) is 2. The van der Waals surface area contributed by atoms with Crippen LogP contribution in [0.3, 0.4) is 0 Å². The Balaban J connectivity index is 1.83. The number of anilines is 1. The van der Waals surface area contributed by atoms with Crippen LogP contribution in [0.25, 0.3) is 0 Å². The molecule has 2 unspecified atom stereocenters. The lowest BCUT2D eigenvalue weighted by atomic mass is 9.99. The number of hydrogen-bond acceptors (Lipinski definition) is 4. The Morgan fingerprint density at radius 1 is 1.33 bits per heavy atom. The third kappa shape index (κ3) is 1.84. The fourth-order valence-electron chi connectivity index (χ4n) is 3.14. The van der Waals surface area contributed by atoms with Gasteiger partial charge in [0.05, 0.1) is 18.0 Å². The van der Waals surface area contributed by atoms with Crippen molar-refractivity contribution in [2.45, 2.75) is 43.9 Å². The van der Waals surface area contributed by atoms with Crippen LogP contribution in [0.4, 0.5) is 5.69 Å². The van der Waals surface area contributed by atoms with Gasteiger partial charge in [-0.05, 0) is 37.8 Å². The molecule has 0 aromatic carbocycles. The van der Waals surface area contributed by atoms with Crippen LogP contribution in [-0.2, 0) is 0 Å². The molecule has 2 bridgehead atoms. The van der Waals surface area contributed by atoms with Crippen LogP contribution < -0.4 is 5.73 Å². The average Bonchev–Trinajstić information content (AvgIpc) is 2.62. The number of fused-ring (bicyclic) bond motifs is 2. The molecule has 3 heterocycles. The largest absolute Gasteiger partial charge is 0.397 e. The summed E-state index contributed by atoms with van der Waals surface area (Å²) in [5.74, 6) is -0.0330. The molecule has 2 aliphatic rings. The first-order valence-corrected chi connectivity index (χ1v) is 6.37. The molecule has 0 spiro atoms. The summed E-state index contributed by atoms with van der Waals surface area (Å²) in [6.45, 7) is 0. The van der Waals surface area contributed by atoms with Gasteiger partial charge in [0.1, 0.15) is 5.69 Å². The van der Waals surface area contributed by atoms with Crippen molar-refractivity contribution in [3.63, 3.8) is 0 Å². The minimum atomic E-state index is -0.258. The van der Waals surface area contributed by atoms with E-state index in [2.05, 4.69) is 4.98 Å². The van der Waals surface area contributed by atoms with Crippen molar-refractivity contribution in [3.05, 3.63) is 24.0 Å². The molecule has 0 aliphatic carbocycles. The summed E-state index contributed by atoms with van der Waals surface area (Å²) in [6.07, 6.45) is 4.61. The van der Waals surface area contributed by atoms with Crippen LogP contribution >= 0.6 is 0 Å². The predicted octanol–water partition coefficient (Wildman–Crippen LogP) is 0.792. The zero-order valence-electron chi connectivity index (χ0n) is 10.1.